The van der Waals surface area contributed by atoms with E-state index in [1.165, 1.54) is 6.07 Å². The molecule has 1 aromatic carbocycles. The number of nitrogens with zero attached hydrogens (tertiary/aromatic N) is 1. The van der Waals surface area contributed by atoms with Gasteiger partial charge in [0, 0.05) is 24.1 Å². The lowest BCUT2D eigenvalue weighted by atomic mass is 9.89. The van der Waals surface area contributed by atoms with Crippen molar-refractivity contribution >= 4 is 29.9 Å². The van der Waals surface area contributed by atoms with E-state index in [1.807, 2.05) is 27.7 Å². The number of halogens is 3. The van der Waals surface area contributed by atoms with Crippen LogP contribution in [0.5, 0.6) is 5.75 Å². The van der Waals surface area contributed by atoms with Crippen molar-refractivity contribution in [2.75, 3.05) is 19.7 Å². The first kappa shape index (κ1) is 24.8. The topological polar surface area (TPSA) is 65.9 Å². The van der Waals surface area contributed by atoms with Crippen LogP contribution in [-0.2, 0) is 6.54 Å². The normalized spacial score (nSPS) is 13.8. The molecule has 0 saturated carbocycles. The van der Waals surface area contributed by atoms with Gasteiger partial charge in [0.05, 0.1) is 13.2 Å². The number of hydrogen-bond donors (Lipinski definition) is 3. The standard InChI is InChI=1S/C18H29F2N3O2.HI/c1-5-18(4,12-24)11-23-17(21-6-2)22-10-14-9-13(3)7-8-15(14)25-16(19)20;/h7-9,16,24H,5-6,10-12H2,1-4H3,(H2,21,22,23);1H. The second-order valence-corrected chi connectivity index (χ2v) is 6.36. The summed E-state index contributed by atoms with van der Waals surface area (Å²) in [5.41, 5.74) is 1.30. The zero-order chi connectivity index (χ0) is 18.9. The number of hydrogen-bond acceptors (Lipinski definition) is 3. The fraction of sp³-hybridized carbons (Fsp3) is 0.611. The molecule has 0 aliphatic rings. The molecule has 0 aromatic heterocycles. The van der Waals surface area contributed by atoms with Crippen LogP contribution in [0.25, 0.3) is 0 Å². The summed E-state index contributed by atoms with van der Waals surface area (Å²) in [7, 11) is 0. The molecule has 0 bridgehead atoms. The van der Waals surface area contributed by atoms with Crippen molar-refractivity contribution in [2.45, 2.75) is 47.3 Å². The van der Waals surface area contributed by atoms with Gasteiger partial charge in [-0.1, -0.05) is 31.5 Å². The Kier molecular flexibility index (Phi) is 11.7. The van der Waals surface area contributed by atoms with E-state index in [0.717, 1.165) is 12.0 Å². The van der Waals surface area contributed by atoms with Crippen LogP contribution in [0, 0.1) is 12.3 Å². The quantitative estimate of drug-likeness (QED) is 0.284. The lowest BCUT2D eigenvalue weighted by Gasteiger charge is -2.26. The number of benzene rings is 1. The number of nitrogens with one attached hydrogen (secondary N) is 2. The number of aliphatic hydroxyl groups is 1. The zero-order valence-electron chi connectivity index (χ0n) is 15.8. The molecule has 1 unspecified atom stereocenters. The predicted octanol–water partition coefficient (Wildman–Crippen LogP) is 3.68. The predicted molar refractivity (Wildman–Crippen MR) is 112 cm³/mol. The molecular weight excluding hydrogens is 455 g/mol. The molecule has 1 rings (SSSR count). The third-order valence-corrected chi connectivity index (χ3v) is 4.10. The number of aliphatic imine (C=N–C) groups is 1. The van der Waals surface area contributed by atoms with Crippen molar-refractivity contribution in [1.29, 1.82) is 0 Å². The van der Waals surface area contributed by atoms with Crippen LogP contribution in [0.2, 0.25) is 0 Å². The summed E-state index contributed by atoms with van der Waals surface area (Å²) in [5, 5.41) is 15.8. The van der Waals surface area contributed by atoms with Crippen molar-refractivity contribution in [1.82, 2.24) is 10.6 Å². The Hall–Kier alpha value is -1.16. The van der Waals surface area contributed by atoms with Gasteiger partial charge in [-0.3, -0.25) is 0 Å². The molecule has 0 heterocycles. The third kappa shape index (κ3) is 8.48. The van der Waals surface area contributed by atoms with Crippen molar-refractivity contribution in [3.63, 3.8) is 0 Å². The molecule has 0 radical (unpaired) electrons. The van der Waals surface area contributed by atoms with Gasteiger partial charge in [0.1, 0.15) is 5.75 Å². The van der Waals surface area contributed by atoms with Gasteiger partial charge in [0.15, 0.2) is 5.96 Å². The van der Waals surface area contributed by atoms with E-state index < -0.39 is 6.61 Å². The van der Waals surface area contributed by atoms with E-state index in [1.54, 1.807) is 12.1 Å². The van der Waals surface area contributed by atoms with Crippen molar-refractivity contribution < 1.29 is 18.6 Å². The highest BCUT2D eigenvalue weighted by atomic mass is 127. The maximum absolute atomic E-state index is 12.5. The van der Waals surface area contributed by atoms with Crippen molar-refractivity contribution in [3.05, 3.63) is 29.3 Å². The number of alkyl halides is 2. The van der Waals surface area contributed by atoms with E-state index >= 15 is 0 Å². The monoisotopic (exact) mass is 485 g/mol. The summed E-state index contributed by atoms with van der Waals surface area (Å²) in [4.78, 5) is 4.45. The average molecular weight is 485 g/mol. The minimum Gasteiger partial charge on any atom is -0.434 e. The van der Waals surface area contributed by atoms with Crippen LogP contribution >= 0.6 is 24.0 Å². The molecule has 3 N–H and O–H groups in total. The van der Waals surface area contributed by atoms with Crippen molar-refractivity contribution in [3.8, 4) is 5.75 Å². The Labute approximate surface area is 171 Å². The van der Waals surface area contributed by atoms with Gasteiger partial charge in [0.25, 0.3) is 0 Å². The first-order valence-corrected chi connectivity index (χ1v) is 8.51. The molecule has 1 aromatic rings. The van der Waals surface area contributed by atoms with Crippen LogP contribution in [-0.4, -0.2) is 37.4 Å². The Balaban J connectivity index is 0.00000625. The maximum Gasteiger partial charge on any atom is 0.387 e. The second-order valence-electron chi connectivity index (χ2n) is 6.36. The van der Waals surface area contributed by atoms with Gasteiger partial charge in [-0.25, -0.2) is 4.99 Å². The van der Waals surface area contributed by atoms with Crippen LogP contribution in [0.15, 0.2) is 23.2 Å². The molecule has 26 heavy (non-hydrogen) atoms. The van der Waals surface area contributed by atoms with Gasteiger partial charge in [-0.15, -0.1) is 24.0 Å². The molecule has 8 heteroatoms. The van der Waals surface area contributed by atoms with Crippen LogP contribution in [0.3, 0.4) is 0 Å². The number of guanidine groups is 1. The number of aliphatic hydroxyl groups excluding tert-OH is 1. The van der Waals surface area contributed by atoms with Gasteiger partial charge in [0.2, 0.25) is 0 Å². The Morgan fingerprint density at radius 1 is 1.31 bits per heavy atom. The molecule has 0 spiro atoms. The highest BCUT2D eigenvalue weighted by Gasteiger charge is 2.21. The Morgan fingerprint density at radius 3 is 2.54 bits per heavy atom. The smallest absolute Gasteiger partial charge is 0.387 e. The summed E-state index contributed by atoms with van der Waals surface area (Å²) in [6.45, 7) is 6.47. The van der Waals surface area contributed by atoms with E-state index in [2.05, 4.69) is 20.4 Å². The molecular formula is C18H30F2IN3O2. The third-order valence-electron chi connectivity index (χ3n) is 4.10. The summed E-state index contributed by atoms with van der Waals surface area (Å²) in [5.74, 6) is 0.703. The van der Waals surface area contributed by atoms with E-state index in [4.69, 9.17) is 0 Å². The summed E-state index contributed by atoms with van der Waals surface area (Å²) < 4.78 is 29.7. The summed E-state index contributed by atoms with van der Waals surface area (Å²) in [6, 6.07) is 5.05. The van der Waals surface area contributed by atoms with Crippen LogP contribution < -0.4 is 15.4 Å². The summed E-state index contributed by atoms with van der Waals surface area (Å²) >= 11 is 0. The second kappa shape index (κ2) is 12.3. The lowest BCUT2D eigenvalue weighted by Crippen LogP contribution is -2.43. The van der Waals surface area contributed by atoms with Gasteiger partial charge >= 0.3 is 6.61 Å². The van der Waals surface area contributed by atoms with E-state index in [9.17, 15) is 13.9 Å². The minimum atomic E-state index is -2.87. The molecule has 0 aliphatic heterocycles. The Bertz CT molecular complexity index is 567. The molecule has 0 fully saturated rings. The van der Waals surface area contributed by atoms with Crippen LogP contribution in [0.1, 0.15) is 38.3 Å². The van der Waals surface area contributed by atoms with Gasteiger partial charge < -0.3 is 20.5 Å². The zero-order valence-corrected chi connectivity index (χ0v) is 18.1. The molecule has 0 saturated heterocycles. The Morgan fingerprint density at radius 2 is 2.00 bits per heavy atom. The molecule has 1 atom stereocenters. The summed E-state index contributed by atoms with van der Waals surface area (Å²) in [6.07, 6.45) is 0.820. The fourth-order valence-electron chi connectivity index (χ4n) is 2.14. The first-order chi connectivity index (χ1) is 11.8. The van der Waals surface area contributed by atoms with E-state index in [0.29, 0.717) is 24.6 Å². The molecule has 150 valence electrons. The van der Waals surface area contributed by atoms with Gasteiger partial charge in [-0.05, 0) is 26.3 Å². The lowest BCUT2D eigenvalue weighted by molar-refractivity contribution is -0.0504. The van der Waals surface area contributed by atoms with E-state index in [-0.39, 0.29) is 48.3 Å². The maximum atomic E-state index is 12.5. The largest absolute Gasteiger partial charge is 0.434 e. The first-order valence-electron chi connectivity index (χ1n) is 8.51. The molecule has 0 aliphatic carbocycles. The van der Waals surface area contributed by atoms with Crippen LogP contribution in [0.4, 0.5) is 8.78 Å². The SMILES string of the molecule is CCNC(=NCc1cc(C)ccc1OC(F)F)NCC(C)(CC)CO.I. The average Bonchev–Trinajstić information content (AvgIpc) is 2.58. The van der Waals surface area contributed by atoms with Gasteiger partial charge in [-0.2, -0.15) is 8.78 Å². The fourth-order valence-corrected chi connectivity index (χ4v) is 2.14. The highest BCUT2D eigenvalue weighted by molar-refractivity contribution is 14.0. The number of aryl methyl sites for hydroxylation is 1. The minimum absolute atomic E-state index is 0. The number of rotatable bonds is 9. The molecule has 0 amide bonds. The number of ether oxygens (including phenoxy) is 1. The van der Waals surface area contributed by atoms with Crippen molar-refractivity contribution in [2.24, 2.45) is 10.4 Å². The highest BCUT2D eigenvalue weighted by Crippen LogP contribution is 2.23. The molecule has 5 nitrogen and oxygen atoms in total.